The number of para-hydroxylation sites is 1. The summed E-state index contributed by atoms with van der Waals surface area (Å²) in [6, 6.07) is 7.46. The second-order valence-corrected chi connectivity index (χ2v) is 8.72. The average Bonchev–Trinajstić information content (AvgIpc) is 3.20. The van der Waals surface area contributed by atoms with Crippen LogP contribution in [0.5, 0.6) is 0 Å². The van der Waals surface area contributed by atoms with E-state index < -0.39 is 6.04 Å². The summed E-state index contributed by atoms with van der Waals surface area (Å²) in [7, 11) is 0. The van der Waals surface area contributed by atoms with E-state index in [1.807, 2.05) is 18.2 Å². The Bertz CT molecular complexity index is 1210. The Labute approximate surface area is 205 Å². The number of aryl methyl sites for hydroxylation is 2. The highest BCUT2D eigenvalue weighted by atomic mass is 16.2. The molecule has 10 nitrogen and oxygen atoms in total. The summed E-state index contributed by atoms with van der Waals surface area (Å²) in [5.74, 6) is 1.27. The fourth-order valence-electron chi connectivity index (χ4n) is 4.40. The second-order valence-electron chi connectivity index (χ2n) is 8.72. The van der Waals surface area contributed by atoms with Crippen LogP contribution in [0, 0.1) is 0 Å². The van der Waals surface area contributed by atoms with Crippen molar-refractivity contribution in [2.75, 3.05) is 12.3 Å². The lowest BCUT2D eigenvalue weighted by molar-refractivity contribution is -0.127. The Hall–Kier alpha value is -3.69. The number of guanidine groups is 1. The Kier molecular flexibility index (Phi) is 8.99. The minimum absolute atomic E-state index is 0.0243. The van der Waals surface area contributed by atoms with E-state index in [0.29, 0.717) is 31.6 Å². The Morgan fingerprint density at radius 2 is 1.89 bits per heavy atom. The van der Waals surface area contributed by atoms with Crippen LogP contribution in [0.2, 0.25) is 0 Å². The molecular formula is C25H36N8O2. The number of amides is 1. The number of anilines is 1. The second kappa shape index (κ2) is 12.1. The summed E-state index contributed by atoms with van der Waals surface area (Å²) in [6.07, 6.45) is 4.87. The number of aliphatic imine (C=N–C) groups is 1. The molecule has 0 radical (unpaired) electrons. The summed E-state index contributed by atoms with van der Waals surface area (Å²) < 4.78 is 2.24. The van der Waals surface area contributed by atoms with Gasteiger partial charge in [-0.2, -0.15) is 0 Å². The van der Waals surface area contributed by atoms with Gasteiger partial charge in [0, 0.05) is 38.2 Å². The van der Waals surface area contributed by atoms with Gasteiger partial charge in [-0.3, -0.25) is 14.6 Å². The number of Topliss-reactive ketones (excluding diaryl/α,β-unsaturated/α-hetero) is 1. The quantitative estimate of drug-likeness (QED) is 0.165. The number of ketones is 1. The van der Waals surface area contributed by atoms with Crippen LogP contribution in [0.1, 0.15) is 58.2 Å². The zero-order valence-electron chi connectivity index (χ0n) is 20.6. The largest absolute Gasteiger partial charge is 0.382 e. The third kappa shape index (κ3) is 6.68. The third-order valence-corrected chi connectivity index (χ3v) is 6.02. The molecule has 0 unspecified atom stereocenters. The van der Waals surface area contributed by atoms with Crippen molar-refractivity contribution >= 4 is 45.4 Å². The molecule has 3 aromatic rings. The number of unbranched alkanes of at least 4 members (excludes halogenated alkanes) is 2. The van der Waals surface area contributed by atoms with Crippen LogP contribution < -0.4 is 22.5 Å². The van der Waals surface area contributed by atoms with Gasteiger partial charge in [-0.05, 0) is 31.7 Å². The van der Waals surface area contributed by atoms with Gasteiger partial charge in [0.25, 0.3) is 0 Å². The van der Waals surface area contributed by atoms with Crippen molar-refractivity contribution in [3.8, 4) is 0 Å². The van der Waals surface area contributed by atoms with Crippen LogP contribution in [-0.4, -0.2) is 44.8 Å². The van der Waals surface area contributed by atoms with Gasteiger partial charge in [-0.1, -0.05) is 31.5 Å². The summed E-state index contributed by atoms with van der Waals surface area (Å²) in [4.78, 5) is 37.5. The summed E-state index contributed by atoms with van der Waals surface area (Å²) in [5.41, 5.74) is 19.5. The molecule has 0 saturated heterocycles. The number of nitrogens with zero attached hydrogens (tertiary/aromatic N) is 4. The number of hydrogen-bond acceptors (Lipinski definition) is 6. The molecule has 35 heavy (non-hydrogen) atoms. The minimum atomic E-state index is -0.507. The predicted octanol–water partition coefficient (Wildman–Crippen LogP) is 2.42. The molecule has 1 atom stereocenters. The van der Waals surface area contributed by atoms with Crippen LogP contribution in [0.4, 0.5) is 5.82 Å². The van der Waals surface area contributed by atoms with Crippen molar-refractivity contribution in [1.29, 1.82) is 0 Å². The number of nitrogen functional groups attached to an aromatic ring is 1. The molecule has 2 heterocycles. The normalized spacial score (nSPS) is 12.1. The van der Waals surface area contributed by atoms with E-state index in [1.54, 1.807) is 0 Å². The standard InChI is InChI=1S/C25H36N8O2/c1-3-21-32-22-23(17-10-6-7-11-18(17)31-24(22)26)33(21)15-8-4-5-13-20(35)19(30-16(2)34)12-9-14-29-25(27)28/h6-7,10-11,19H,3-5,8-9,12-15H2,1-2H3,(H2,26,31)(H,30,34)(H4,27,28,29)/t19-/m0/s1. The maximum absolute atomic E-state index is 12.7. The van der Waals surface area contributed by atoms with Crippen molar-refractivity contribution < 1.29 is 9.59 Å². The first-order valence-corrected chi connectivity index (χ1v) is 12.2. The number of carbonyl (C=O) groups excluding carboxylic acids is 2. The number of benzene rings is 1. The topological polar surface area (TPSA) is 167 Å². The third-order valence-electron chi connectivity index (χ3n) is 6.02. The fourth-order valence-corrected chi connectivity index (χ4v) is 4.40. The highest BCUT2D eigenvalue weighted by Gasteiger charge is 2.19. The molecule has 0 spiro atoms. The number of hydrogen-bond donors (Lipinski definition) is 4. The van der Waals surface area contributed by atoms with E-state index in [0.717, 1.165) is 60.0 Å². The molecule has 0 aliphatic rings. The van der Waals surface area contributed by atoms with Crippen LogP contribution in [0.25, 0.3) is 21.9 Å². The molecule has 188 valence electrons. The average molecular weight is 481 g/mol. The Morgan fingerprint density at radius 3 is 2.60 bits per heavy atom. The molecule has 7 N–H and O–H groups in total. The molecule has 3 rings (SSSR count). The van der Waals surface area contributed by atoms with Crippen LogP contribution in [-0.2, 0) is 22.6 Å². The summed E-state index contributed by atoms with van der Waals surface area (Å²) in [6.45, 7) is 4.72. The SMILES string of the molecule is CCc1nc2c(N)nc3ccccc3c2n1CCCCCC(=O)[C@H](CCCN=C(N)N)NC(C)=O. The van der Waals surface area contributed by atoms with E-state index in [4.69, 9.17) is 22.2 Å². The molecule has 0 aliphatic carbocycles. The first-order chi connectivity index (χ1) is 16.8. The van der Waals surface area contributed by atoms with Crippen LogP contribution in [0.3, 0.4) is 0 Å². The predicted molar refractivity (Wildman–Crippen MR) is 140 cm³/mol. The Balaban J connectivity index is 1.60. The van der Waals surface area contributed by atoms with Crippen molar-refractivity contribution in [2.24, 2.45) is 16.5 Å². The maximum atomic E-state index is 12.7. The number of pyridine rings is 1. The lowest BCUT2D eigenvalue weighted by Gasteiger charge is -2.16. The number of nitrogens with one attached hydrogen (secondary N) is 1. The van der Waals surface area contributed by atoms with Gasteiger partial charge >= 0.3 is 0 Å². The smallest absolute Gasteiger partial charge is 0.217 e. The first-order valence-electron chi connectivity index (χ1n) is 12.2. The van der Waals surface area contributed by atoms with Gasteiger partial charge in [0.05, 0.1) is 17.1 Å². The van der Waals surface area contributed by atoms with Crippen molar-refractivity contribution in [1.82, 2.24) is 19.9 Å². The monoisotopic (exact) mass is 480 g/mol. The molecule has 0 bridgehead atoms. The van der Waals surface area contributed by atoms with Gasteiger partial charge < -0.3 is 27.1 Å². The summed E-state index contributed by atoms with van der Waals surface area (Å²) in [5, 5.41) is 3.80. The van der Waals surface area contributed by atoms with E-state index >= 15 is 0 Å². The minimum Gasteiger partial charge on any atom is -0.382 e. The van der Waals surface area contributed by atoms with Gasteiger partial charge in [0.2, 0.25) is 5.91 Å². The van der Waals surface area contributed by atoms with Crippen molar-refractivity contribution in [3.05, 3.63) is 30.1 Å². The van der Waals surface area contributed by atoms with Crippen LogP contribution >= 0.6 is 0 Å². The molecule has 0 saturated carbocycles. The van der Waals surface area contributed by atoms with Gasteiger partial charge in [-0.15, -0.1) is 0 Å². The maximum Gasteiger partial charge on any atom is 0.217 e. The number of aromatic nitrogens is 3. The van der Waals surface area contributed by atoms with E-state index in [-0.39, 0.29) is 17.6 Å². The number of imidazole rings is 1. The molecule has 0 fully saturated rings. The van der Waals surface area contributed by atoms with Crippen molar-refractivity contribution in [2.45, 2.75) is 71.4 Å². The number of carbonyl (C=O) groups is 2. The van der Waals surface area contributed by atoms with E-state index in [2.05, 4.69) is 32.9 Å². The fraction of sp³-hybridized carbons (Fsp3) is 0.480. The molecule has 2 aromatic heterocycles. The lowest BCUT2D eigenvalue weighted by Crippen LogP contribution is -2.39. The highest BCUT2D eigenvalue weighted by molar-refractivity contribution is 6.06. The number of nitrogens with two attached hydrogens (primary N) is 3. The van der Waals surface area contributed by atoms with Gasteiger partial charge in [0.1, 0.15) is 11.3 Å². The highest BCUT2D eigenvalue weighted by Crippen LogP contribution is 2.29. The lowest BCUT2D eigenvalue weighted by atomic mass is 10.0. The van der Waals surface area contributed by atoms with Gasteiger partial charge in [-0.25, -0.2) is 9.97 Å². The zero-order valence-corrected chi connectivity index (χ0v) is 20.6. The molecule has 1 aromatic carbocycles. The number of rotatable bonds is 13. The van der Waals surface area contributed by atoms with E-state index in [9.17, 15) is 9.59 Å². The molecule has 1 amide bonds. The molecule has 10 heteroatoms. The summed E-state index contributed by atoms with van der Waals surface area (Å²) >= 11 is 0. The first kappa shape index (κ1) is 25.9. The Morgan fingerprint density at radius 1 is 1.11 bits per heavy atom. The molecule has 0 aliphatic heterocycles. The van der Waals surface area contributed by atoms with Crippen LogP contribution in [0.15, 0.2) is 29.3 Å². The van der Waals surface area contributed by atoms with Gasteiger partial charge in [0.15, 0.2) is 17.6 Å². The van der Waals surface area contributed by atoms with E-state index in [1.165, 1.54) is 6.92 Å². The van der Waals surface area contributed by atoms with Crippen molar-refractivity contribution in [3.63, 3.8) is 0 Å². The molecular weight excluding hydrogens is 444 g/mol. The number of fused-ring (bicyclic) bond motifs is 3. The zero-order chi connectivity index (χ0) is 25.4.